The van der Waals surface area contributed by atoms with Crippen molar-refractivity contribution in [3.8, 4) is 17.0 Å². The minimum atomic E-state index is -0.888. The fourth-order valence-electron chi connectivity index (χ4n) is 2.58. The van der Waals surface area contributed by atoms with Gasteiger partial charge in [-0.05, 0) is 25.1 Å². The Morgan fingerprint density at radius 1 is 1.10 bits per heavy atom. The summed E-state index contributed by atoms with van der Waals surface area (Å²) in [6.45, 7) is 1.84. The predicted octanol–water partition coefficient (Wildman–Crippen LogP) is 2.69. The van der Waals surface area contributed by atoms with E-state index in [1.54, 1.807) is 6.07 Å². The Morgan fingerprint density at radius 3 is 2.59 bits per heavy atom. The molecule has 3 aromatic rings. The molecule has 29 heavy (non-hydrogen) atoms. The number of halogens is 2. The third-order valence-electron chi connectivity index (χ3n) is 4.11. The number of hydrogen-bond acceptors (Lipinski definition) is 4. The SMILES string of the molecule is Cc1ccc(-c2ccc(=O)n(CCNC(=O)COc3ccc(F)cc3F)n2)cc1. The number of carbonyl (C=O) groups is 1. The normalized spacial score (nSPS) is 10.6. The summed E-state index contributed by atoms with van der Waals surface area (Å²) in [4.78, 5) is 23.8. The van der Waals surface area contributed by atoms with Crippen molar-refractivity contribution in [3.05, 3.63) is 82.1 Å². The van der Waals surface area contributed by atoms with E-state index < -0.39 is 24.1 Å². The Bertz CT molecular complexity index is 1070. The highest BCUT2D eigenvalue weighted by Gasteiger charge is 2.09. The molecule has 8 heteroatoms. The van der Waals surface area contributed by atoms with Gasteiger partial charge in [0, 0.05) is 24.2 Å². The number of nitrogens with zero attached hydrogens (tertiary/aromatic N) is 2. The third kappa shape index (κ3) is 5.47. The van der Waals surface area contributed by atoms with Crippen LogP contribution >= 0.6 is 0 Å². The summed E-state index contributed by atoms with van der Waals surface area (Å²) in [6.07, 6.45) is 0. The summed E-state index contributed by atoms with van der Waals surface area (Å²) < 4.78 is 32.6. The molecule has 3 rings (SSSR count). The molecule has 1 amide bonds. The molecule has 0 aliphatic rings. The maximum Gasteiger partial charge on any atom is 0.266 e. The van der Waals surface area contributed by atoms with Crippen LogP contribution in [-0.2, 0) is 11.3 Å². The molecule has 6 nitrogen and oxygen atoms in total. The van der Waals surface area contributed by atoms with Crippen LogP contribution < -0.4 is 15.6 Å². The molecule has 0 spiro atoms. The smallest absolute Gasteiger partial charge is 0.266 e. The van der Waals surface area contributed by atoms with E-state index in [4.69, 9.17) is 4.74 Å². The van der Waals surface area contributed by atoms with Gasteiger partial charge in [-0.25, -0.2) is 13.5 Å². The van der Waals surface area contributed by atoms with E-state index in [0.29, 0.717) is 11.8 Å². The van der Waals surface area contributed by atoms with E-state index >= 15 is 0 Å². The monoisotopic (exact) mass is 399 g/mol. The van der Waals surface area contributed by atoms with Crippen LogP contribution in [0.15, 0.2) is 59.4 Å². The van der Waals surface area contributed by atoms with Gasteiger partial charge in [0.25, 0.3) is 11.5 Å². The zero-order valence-electron chi connectivity index (χ0n) is 15.7. The van der Waals surface area contributed by atoms with Crippen molar-refractivity contribution in [2.24, 2.45) is 0 Å². The lowest BCUT2D eigenvalue weighted by molar-refractivity contribution is -0.123. The standard InChI is InChI=1S/C21H19F2N3O3/c1-14-2-4-15(5-3-14)18-7-9-21(28)26(25-18)11-10-24-20(27)13-29-19-8-6-16(22)12-17(19)23/h2-9,12H,10-11,13H2,1H3,(H,24,27). The van der Waals surface area contributed by atoms with Crippen LogP contribution in [0.5, 0.6) is 5.75 Å². The van der Waals surface area contributed by atoms with Crippen molar-refractivity contribution >= 4 is 5.91 Å². The van der Waals surface area contributed by atoms with Crippen LogP contribution in [-0.4, -0.2) is 28.8 Å². The van der Waals surface area contributed by atoms with Crippen LogP contribution in [0.25, 0.3) is 11.3 Å². The molecule has 1 N–H and O–H groups in total. The summed E-state index contributed by atoms with van der Waals surface area (Å²) >= 11 is 0. The number of amides is 1. The topological polar surface area (TPSA) is 73.2 Å². The molecule has 0 unspecified atom stereocenters. The first-order chi connectivity index (χ1) is 13.9. The van der Waals surface area contributed by atoms with Crippen molar-refractivity contribution in [1.82, 2.24) is 15.1 Å². The molecule has 1 heterocycles. The highest BCUT2D eigenvalue weighted by atomic mass is 19.1. The van der Waals surface area contributed by atoms with E-state index in [9.17, 15) is 18.4 Å². The van der Waals surface area contributed by atoms with E-state index in [0.717, 1.165) is 23.3 Å². The Hall–Kier alpha value is -3.55. The number of benzene rings is 2. The average molecular weight is 399 g/mol. The molecule has 0 fully saturated rings. The van der Waals surface area contributed by atoms with Crippen LogP contribution in [0.4, 0.5) is 8.78 Å². The van der Waals surface area contributed by atoms with Crippen LogP contribution in [0, 0.1) is 18.6 Å². The first kappa shape index (κ1) is 20.2. The molecule has 0 aliphatic carbocycles. The van der Waals surface area contributed by atoms with Gasteiger partial charge in [0.05, 0.1) is 12.2 Å². The van der Waals surface area contributed by atoms with Gasteiger partial charge in [-0.3, -0.25) is 9.59 Å². The van der Waals surface area contributed by atoms with Crippen LogP contribution in [0.1, 0.15) is 5.56 Å². The predicted molar refractivity (Wildman–Crippen MR) is 104 cm³/mol. The number of hydrogen-bond donors (Lipinski definition) is 1. The first-order valence-electron chi connectivity index (χ1n) is 8.92. The van der Waals surface area contributed by atoms with Crippen molar-refractivity contribution < 1.29 is 18.3 Å². The van der Waals surface area contributed by atoms with E-state index in [2.05, 4.69) is 10.4 Å². The molecule has 0 aliphatic heterocycles. The first-order valence-corrected chi connectivity index (χ1v) is 8.92. The van der Waals surface area contributed by atoms with Gasteiger partial charge in [0.1, 0.15) is 5.82 Å². The number of ether oxygens (including phenoxy) is 1. The van der Waals surface area contributed by atoms with Crippen molar-refractivity contribution in [2.45, 2.75) is 13.5 Å². The minimum Gasteiger partial charge on any atom is -0.481 e. The number of rotatable bonds is 7. The number of carbonyl (C=O) groups excluding carboxylic acids is 1. The maximum atomic E-state index is 13.5. The zero-order valence-corrected chi connectivity index (χ0v) is 15.7. The molecule has 0 atom stereocenters. The Kier molecular flexibility index (Phi) is 6.33. The molecular weight excluding hydrogens is 380 g/mol. The molecule has 150 valence electrons. The molecule has 0 radical (unpaired) electrons. The molecule has 0 saturated carbocycles. The van der Waals surface area contributed by atoms with Crippen LogP contribution in [0.3, 0.4) is 0 Å². The summed E-state index contributed by atoms with van der Waals surface area (Å²) in [5.41, 5.74) is 2.35. The third-order valence-corrected chi connectivity index (χ3v) is 4.11. The quantitative estimate of drug-likeness (QED) is 0.663. The van der Waals surface area contributed by atoms with Crippen molar-refractivity contribution in [1.29, 1.82) is 0 Å². The second kappa shape index (κ2) is 9.09. The van der Waals surface area contributed by atoms with E-state index in [1.807, 2.05) is 31.2 Å². The number of nitrogens with one attached hydrogen (secondary N) is 1. The Balaban J connectivity index is 1.54. The highest BCUT2D eigenvalue weighted by molar-refractivity contribution is 5.77. The summed E-state index contributed by atoms with van der Waals surface area (Å²) in [6, 6.07) is 13.6. The molecular formula is C21H19F2N3O3. The minimum absolute atomic E-state index is 0.137. The van der Waals surface area contributed by atoms with Gasteiger partial charge >= 0.3 is 0 Å². The second-order valence-corrected chi connectivity index (χ2v) is 6.36. The lowest BCUT2D eigenvalue weighted by atomic mass is 10.1. The number of aryl methyl sites for hydroxylation is 1. The van der Waals surface area contributed by atoms with Gasteiger partial charge < -0.3 is 10.1 Å². The fourth-order valence-corrected chi connectivity index (χ4v) is 2.58. The Labute approximate surface area is 165 Å². The Morgan fingerprint density at radius 2 is 1.86 bits per heavy atom. The lowest BCUT2D eigenvalue weighted by Crippen LogP contribution is -2.34. The largest absolute Gasteiger partial charge is 0.481 e. The van der Waals surface area contributed by atoms with Crippen molar-refractivity contribution in [3.63, 3.8) is 0 Å². The average Bonchev–Trinajstić information content (AvgIpc) is 2.69. The molecule has 1 aromatic heterocycles. The van der Waals surface area contributed by atoms with Gasteiger partial charge in [-0.1, -0.05) is 29.8 Å². The molecule has 0 saturated heterocycles. The second-order valence-electron chi connectivity index (χ2n) is 6.36. The fraction of sp³-hybridized carbons (Fsp3) is 0.190. The van der Waals surface area contributed by atoms with E-state index in [-0.39, 0.29) is 24.4 Å². The van der Waals surface area contributed by atoms with Crippen LogP contribution in [0.2, 0.25) is 0 Å². The number of aromatic nitrogens is 2. The highest BCUT2D eigenvalue weighted by Crippen LogP contribution is 2.17. The lowest BCUT2D eigenvalue weighted by Gasteiger charge is -2.10. The van der Waals surface area contributed by atoms with Gasteiger partial charge in [-0.2, -0.15) is 5.10 Å². The van der Waals surface area contributed by atoms with Gasteiger partial charge in [-0.15, -0.1) is 0 Å². The zero-order chi connectivity index (χ0) is 20.8. The summed E-state index contributed by atoms with van der Waals surface area (Å²) in [7, 11) is 0. The summed E-state index contributed by atoms with van der Waals surface area (Å²) in [5.74, 6) is -2.34. The summed E-state index contributed by atoms with van der Waals surface area (Å²) in [5, 5.41) is 6.88. The van der Waals surface area contributed by atoms with Gasteiger partial charge in [0.15, 0.2) is 18.2 Å². The van der Waals surface area contributed by atoms with E-state index in [1.165, 1.54) is 10.7 Å². The van der Waals surface area contributed by atoms with Gasteiger partial charge in [0.2, 0.25) is 0 Å². The van der Waals surface area contributed by atoms with Crippen molar-refractivity contribution in [2.75, 3.05) is 13.2 Å². The molecule has 0 bridgehead atoms. The molecule has 2 aromatic carbocycles. The maximum absolute atomic E-state index is 13.5.